The third kappa shape index (κ3) is 3.64. The van der Waals surface area contributed by atoms with Gasteiger partial charge < -0.3 is 19.5 Å². The zero-order valence-electron chi connectivity index (χ0n) is 15.8. The highest BCUT2D eigenvalue weighted by molar-refractivity contribution is 6.04. The summed E-state index contributed by atoms with van der Waals surface area (Å²) in [7, 11) is 4.53. The lowest BCUT2D eigenvalue weighted by atomic mass is 10.1. The second-order valence-electron chi connectivity index (χ2n) is 5.85. The van der Waals surface area contributed by atoms with Crippen molar-refractivity contribution >= 4 is 17.4 Å². The van der Waals surface area contributed by atoms with Crippen LogP contribution in [0.15, 0.2) is 30.5 Å². The van der Waals surface area contributed by atoms with E-state index in [-0.39, 0.29) is 5.91 Å². The Morgan fingerprint density at radius 3 is 2.41 bits per heavy atom. The van der Waals surface area contributed by atoms with Crippen molar-refractivity contribution in [3.05, 3.63) is 41.7 Å². The number of benzene rings is 1. The second-order valence-corrected chi connectivity index (χ2v) is 5.85. The molecule has 3 rings (SSSR count). The lowest BCUT2D eigenvalue weighted by Gasteiger charge is -2.14. The number of nitrogens with one attached hydrogen (secondary N) is 1. The predicted octanol–water partition coefficient (Wildman–Crippen LogP) is 2.96. The average Bonchev–Trinajstić information content (AvgIpc) is 3.15. The Morgan fingerprint density at radius 1 is 1.11 bits per heavy atom. The number of carbonyl (C=O) groups excluding carboxylic acids is 1. The first-order valence-electron chi connectivity index (χ1n) is 8.56. The van der Waals surface area contributed by atoms with E-state index in [1.165, 1.54) is 21.3 Å². The monoisotopic (exact) mass is 370 g/mol. The van der Waals surface area contributed by atoms with Crippen LogP contribution in [0.1, 0.15) is 29.4 Å². The van der Waals surface area contributed by atoms with Gasteiger partial charge in [0.25, 0.3) is 5.91 Å². The van der Waals surface area contributed by atoms with Crippen LogP contribution in [0.5, 0.6) is 17.2 Å². The van der Waals surface area contributed by atoms with Gasteiger partial charge in [0.2, 0.25) is 5.75 Å². The molecule has 0 atom stereocenters. The quantitative estimate of drug-likeness (QED) is 0.688. The molecule has 0 saturated carbocycles. The van der Waals surface area contributed by atoms with Gasteiger partial charge in [-0.25, -0.2) is 4.98 Å². The maximum Gasteiger partial charge on any atom is 0.257 e. The van der Waals surface area contributed by atoms with Crippen molar-refractivity contribution in [3.8, 4) is 17.2 Å². The Morgan fingerprint density at radius 2 is 1.81 bits per heavy atom. The summed E-state index contributed by atoms with van der Waals surface area (Å²) in [5.74, 6) is 1.48. The molecule has 0 bridgehead atoms. The fourth-order valence-corrected chi connectivity index (χ4v) is 2.84. The van der Waals surface area contributed by atoms with Gasteiger partial charge in [0.05, 0.1) is 27.5 Å². The number of nitrogens with zero attached hydrogens (tertiary/aromatic N) is 3. The van der Waals surface area contributed by atoms with E-state index in [2.05, 4.69) is 22.3 Å². The Labute approximate surface area is 157 Å². The van der Waals surface area contributed by atoms with Gasteiger partial charge in [-0.15, -0.1) is 0 Å². The van der Waals surface area contributed by atoms with Crippen LogP contribution in [0.2, 0.25) is 0 Å². The summed E-state index contributed by atoms with van der Waals surface area (Å²) in [6.07, 6.45) is 3.42. The van der Waals surface area contributed by atoms with Gasteiger partial charge in [-0.05, 0) is 18.6 Å². The van der Waals surface area contributed by atoms with Gasteiger partial charge in [0.1, 0.15) is 5.82 Å². The molecule has 0 radical (unpaired) electrons. The summed E-state index contributed by atoms with van der Waals surface area (Å²) >= 11 is 0. The van der Waals surface area contributed by atoms with Gasteiger partial charge in [0, 0.05) is 23.4 Å². The summed E-state index contributed by atoms with van der Waals surface area (Å²) < 4.78 is 17.5. The van der Waals surface area contributed by atoms with Crippen molar-refractivity contribution in [3.63, 3.8) is 0 Å². The molecule has 1 aromatic carbocycles. The molecule has 2 aromatic heterocycles. The minimum Gasteiger partial charge on any atom is -0.493 e. The molecule has 2 heterocycles. The molecule has 0 unspecified atom stereocenters. The van der Waals surface area contributed by atoms with Crippen molar-refractivity contribution in [2.75, 3.05) is 26.6 Å². The van der Waals surface area contributed by atoms with Crippen LogP contribution < -0.4 is 19.5 Å². The zero-order chi connectivity index (χ0) is 19.4. The van der Waals surface area contributed by atoms with E-state index in [1.54, 1.807) is 28.9 Å². The van der Waals surface area contributed by atoms with Gasteiger partial charge >= 0.3 is 0 Å². The van der Waals surface area contributed by atoms with E-state index in [0.29, 0.717) is 34.3 Å². The second kappa shape index (κ2) is 7.94. The average molecular weight is 370 g/mol. The lowest BCUT2D eigenvalue weighted by Crippen LogP contribution is -2.16. The highest BCUT2D eigenvalue weighted by atomic mass is 16.5. The summed E-state index contributed by atoms with van der Waals surface area (Å²) in [5, 5.41) is 7.13. The smallest absolute Gasteiger partial charge is 0.257 e. The maximum atomic E-state index is 12.9. The van der Waals surface area contributed by atoms with Gasteiger partial charge in [-0.3, -0.25) is 4.79 Å². The van der Waals surface area contributed by atoms with Crippen LogP contribution >= 0.6 is 0 Å². The highest BCUT2D eigenvalue weighted by Crippen LogP contribution is 2.38. The molecule has 0 aliphatic rings. The van der Waals surface area contributed by atoms with Gasteiger partial charge in [-0.2, -0.15) is 9.61 Å². The molecule has 27 heavy (non-hydrogen) atoms. The standard InChI is InChI=1S/C19H22N4O4/c1-5-6-13-11-17(23-16(21-13)7-8-20-23)22-19(24)12-9-14(25-2)18(27-4)15(10-12)26-3/h7-11H,5-6H2,1-4H3,(H,22,24). The van der Waals surface area contributed by atoms with E-state index in [1.807, 2.05) is 6.07 Å². The van der Waals surface area contributed by atoms with E-state index in [9.17, 15) is 4.79 Å². The fraction of sp³-hybridized carbons (Fsp3) is 0.316. The third-order valence-electron chi connectivity index (χ3n) is 4.09. The Bertz CT molecular complexity index is 942. The van der Waals surface area contributed by atoms with Crippen LogP contribution in [0.25, 0.3) is 5.65 Å². The number of aryl methyl sites for hydroxylation is 1. The van der Waals surface area contributed by atoms with E-state index in [4.69, 9.17) is 14.2 Å². The molecule has 142 valence electrons. The molecular formula is C19H22N4O4. The Hall–Kier alpha value is -3.29. The minimum atomic E-state index is -0.320. The molecule has 1 N–H and O–H groups in total. The number of aromatic nitrogens is 3. The van der Waals surface area contributed by atoms with Crippen molar-refractivity contribution < 1.29 is 19.0 Å². The molecule has 0 spiro atoms. The molecular weight excluding hydrogens is 348 g/mol. The number of rotatable bonds is 7. The van der Waals surface area contributed by atoms with Crippen molar-refractivity contribution in [2.24, 2.45) is 0 Å². The number of fused-ring (bicyclic) bond motifs is 1. The maximum absolute atomic E-state index is 12.9. The highest BCUT2D eigenvalue weighted by Gasteiger charge is 2.18. The predicted molar refractivity (Wildman–Crippen MR) is 101 cm³/mol. The first-order chi connectivity index (χ1) is 13.1. The Kier molecular flexibility index (Phi) is 5.44. The molecule has 1 amide bonds. The molecule has 0 aliphatic heterocycles. The normalized spacial score (nSPS) is 10.7. The SMILES string of the molecule is CCCc1cc(NC(=O)c2cc(OC)c(OC)c(OC)c2)n2nccc2n1. The largest absolute Gasteiger partial charge is 0.493 e. The molecule has 0 fully saturated rings. The van der Waals surface area contributed by atoms with E-state index < -0.39 is 0 Å². The third-order valence-corrected chi connectivity index (χ3v) is 4.09. The first-order valence-corrected chi connectivity index (χ1v) is 8.56. The molecule has 0 aliphatic carbocycles. The van der Waals surface area contributed by atoms with E-state index >= 15 is 0 Å². The minimum absolute atomic E-state index is 0.320. The molecule has 8 nitrogen and oxygen atoms in total. The number of hydrogen-bond donors (Lipinski definition) is 1. The Balaban J connectivity index is 1.98. The van der Waals surface area contributed by atoms with Crippen molar-refractivity contribution in [1.29, 1.82) is 0 Å². The fourth-order valence-electron chi connectivity index (χ4n) is 2.84. The summed E-state index contributed by atoms with van der Waals surface area (Å²) in [5.41, 5.74) is 1.95. The molecule has 8 heteroatoms. The van der Waals surface area contributed by atoms with E-state index in [0.717, 1.165) is 18.5 Å². The molecule has 0 saturated heterocycles. The van der Waals surface area contributed by atoms with Crippen molar-refractivity contribution in [1.82, 2.24) is 14.6 Å². The summed E-state index contributed by atoms with van der Waals surface area (Å²) in [6, 6.07) is 6.84. The number of amides is 1. The lowest BCUT2D eigenvalue weighted by molar-refractivity contribution is 0.102. The number of methoxy groups -OCH3 is 3. The van der Waals surface area contributed by atoms with Crippen LogP contribution in [0.3, 0.4) is 0 Å². The van der Waals surface area contributed by atoms with Crippen LogP contribution in [0.4, 0.5) is 5.82 Å². The molecule has 3 aromatic rings. The van der Waals surface area contributed by atoms with Gasteiger partial charge in [-0.1, -0.05) is 13.3 Å². The topological polar surface area (TPSA) is 87.0 Å². The van der Waals surface area contributed by atoms with Crippen LogP contribution in [-0.2, 0) is 6.42 Å². The number of ether oxygens (including phenoxy) is 3. The van der Waals surface area contributed by atoms with Crippen LogP contribution in [0, 0.1) is 0 Å². The number of anilines is 1. The van der Waals surface area contributed by atoms with Crippen LogP contribution in [-0.4, -0.2) is 41.8 Å². The first kappa shape index (κ1) is 18.5. The summed E-state index contributed by atoms with van der Waals surface area (Å²) in [6.45, 7) is 2.08. The summed E-state index contributed by atoms with van der Waals surface area (Å²) in [4.78, 5) is 17.4. The van der Waals surface area contributed by atoms with Gasteiger partial charge in [0.15, 0.2) is 17.1 Å². The number of hydrogen-bond acceptors (Lipinski definition) is 6. The zero-order valence-corrected chi connectivity index (χ0v) is 15.8. The van der Waals surface area contributed by atoms with Crippen molar-refractivity contribution in [2.45, 2.75) is 19.8 Å². The number of carbonyl (C=O) groups is 1.